The summed E-state index contributed by atoms with van der Waals surface area (Å²) in [5, 5.41) is 18.4. The molecule has 2 aliphatic rings. The molecule has 2 fully saturated rings. The molecule has 9 heteroatoms. The molecule has 154 valence electrons. The number of hydrogen-bond donors (Lipinski definition) is 4. The third-order valence-electron chi connectivity index (χ3n) is 4.83. The van der Waals surface area contributed by atoms with E-state index < -0.39 is 24.3 Å². The second-order valence-corrected chi connectivity index (χ2v) is 7.06. The number of aliphatic hydroxyl groups is 1. The second kappa shape index (κ2) is 9.31. The number of benzene rings is 1. The topological polar surface area (TPSA) is 109 Å². The minimum absolute atomic E-state index is 0.0722. The van der Waals surface area contributed by atoms with Crippen LogP contribution in [0.15, 0.2) is 24.3 Å². The molecule has 5 atom stereocenters. The van der Waals surface area contributed by atoms with Crippen LogP contribution < -0.4 is 16.0 Å². The third-order valence-corrected chi connectivity index (χ3v) is 4.83. The van der Waals surface area contributed by atoms with E-state index in [9.17, 15) is 19.1 Å². The lowest BCUT2D eigenvalue weighted by Gasteiger charge is -2.20. The molecule has 0 radical (unpaired) electrons. The zero-order chi connectivity index (χ0) is 20.1. The Morgan fingerprint density at radius 3 is 2.64 bits per heavy atom. The zero-order valence-corrected chi connectivity index (χ0v) is 15.7. The van der Waals surface area contributed by atoms with Crippen molar-refractivity contribution in [3.05, 3.63) is 30.1 Å². The van der Waals surface area contributed by atoms with Crippen molar-refractivity contribution in [3.8, 4) is 0 Å². The van der Waals surface area contributed by atoms with Crippen LogP contribution >= 0.6 is 0 Å². The lowest BCUT2D eigenvalue weighted by Crippen LogP contribution is -2.42. The number of nitrogens with one attached hydrogen (secondary N) is 3. The Morgan fingerprint density at radius 2 is 1.96 bits per heavy atom. The number of halogens is 1. The zero-order valence-electron chi connectivity index (χ0n) is 15.7. The molecule has 5 unspecified atom stereocenters. The van der Waals surface area contributed by atoms with E-state index in [-0.39, 0.29) is 36.9 Å². The van der Waals surface area contributed by atoms with Gasteiger partial charge in [-0.3, -0.25) is 4.79 Å². The van der Waals surface area contributed by atoms with E-state index in [4.69, 9.17) is 9.47 Å². The molecule has 2 saturated heterocycles. The van der Waals surface area contributed by atoms with Crippen molar-refractivity contribution >= 4 is 17.6 Å². The van der Waals surface area contributed by atoms with Crippen molar-refractivity contribution in [2.24, 2.45) is 0 Å². The predicted octanol–water partition coefficient (Wildman–Crippen LogP) is 1.15. The molecular weight excluding hydrogens is 369 g/mol. The molecule has 0 bridgehead atoms. The number of aliphatic hydroxyl groups excluding tert-OH is 1. The van der Waals surface area contributed by atoms with Gasteiger partial charge in [-0.25, -0.2) is 9.18 Å². The fourth-order valence-corrected chi connectivity index (χ4v) is 3.45. The van der Waals surface area contributed by atoms with E-state index in [2.05, 4.69) is 16.0 Å². The van der Waals surface area contributed by atoms with Gasteiger partial charge in [0, 0.05) is 25.2 Å². The first-order valence-electron chi connectivity index (χ1n) is 9.52. The fraction of sp³-hybridized carbons (Fsp3) is 0.579. The normalized spacial score (nSPS) is 28.6. The van der Waals surface area contributed by atoms with Gasteiger partial charge in [-0.1, -0.05) is 6.92 Å². The Kier molecular flexibility index (Phi) is 6.82. The Labute approximate surface area is 162 Å². The van der Waals surface area contributed by atoms with Crippen LogP contribution in [-0.4, -0.2) is 60.7 Å². The fourth-order valence-electron chi connectivity index (χ4n) is 3.45. The Balaban J connectivity index is 1.41. The Hall–Kier alpha value is -2.23. The van der Waals surface area contributed by atoms with E-state index in [0.29, 0.717) is 18.7 Å². The van der Waals surface area contributed by atoms with Crippen molar-refractivity contribution < 1.29 is 28.6 Å². The van der Waals surface area contributed by atoms with Crippen LogP contribution in [0.25, 0.3) is 0 Å². The van der Waals surface area contributed by atoms with Crippen LogP contribution in [0.4, 0.5) is 14.9 Å². The number of anilines is 1. The summed E-state index contributed by atoms with van der Waals surface area (Å²) >= 11 is 0. The molecule has 2 heterocycles. The summed E-state index contributed by atoms with van der Waals surface area (Å²) in [5.74, 6) is -0.460. The average Bonchev–Trinajstić information content (AvgIpc) is 3.18. The van der Waals surface area contributed by atoms with Gasteiger partial charge < -0.3 is 30.5 Å². The second-order valence-electron chi connectivity index (χ2n) is 7.06. The molecule has 0 spiro atoms. The van der Waals surface area contributed by atoms with Crippen molar-refractivity contribution in [2.45, 2.75) is 56.7 Å². The van der Waals surface area contributed by atoms with Gasteiger partial charge in [0.15, 0.2) is 0 Å². The lowest BCUT2D eigenvalue weighted by molar-refractivity contribution is -0.124. The maximum absolute atomic E-state index is 12.9. The monoisotopic (exact) mass is 395 g/mol. The maximum Gasteiger partial charge on any atom is 0.319 e. The minimum atomic E-state index is -0.889. The molecule has 3 amide bonds. The number of fused-ring (bicyclic) bond motifs is 1. The molecule has 2 aliphatic heterocycles. The van der Waals surface area contributed by atoms with Crippen LogP contribution in [0.3, 0.4) is 0 Å². The number of urea groups is 1. The minimum Gasteiger partial charge on any atom is -0.388 e. The van der Waals surface area contributed by atoms with Crippen LogP contribution in [0.2, 0.25) is 0 Å². The Bertz CT molecular complexity index is 687. The van der Waals surface area contributed by atoms with Gasteiger partial charge in [-0.05, 0) is 30.7 Å². The molecule has 3 rings (SSSR count). The third kappa shape index (κ3) is 5.18. The van der Waals surface area contributed by atoms with Crippen molar-refractivity contribution in [1.29, 1.82) is 0 Å². The van der Waals surface area contributed by atoms with Gasteiger partial charge in [0.1, 0.15) is 24.1 Å². The summed E-state index contributed by atoms with van der Waals surface area (Å²) in [6, 6.07) is 4.91. The van der Waals surface area contributed by atoms with E-state index in [0.717, 1.165) is 6.42 Å². The van der Waals surface area contributed by atoms with Gasteiger partial charge in [0.25, 0.3) is 0 Å². The summed E-state index contributed by atoms with van der Waals surface area (Å²) in [5.41, 5.74) is 0.455. The molecule has 0 aliphatic carbocycles. The highest BCUT2D eigenvalue weighted by atomic mass is 19.1. The van der Waals surface area contributed by atoms with Gasteiger partial charge in [-0.2, -0.15) is 0 Å². The highest BCUT2D eigenvalue weighted by molar-refractivity contribution is 5.89. The van der Waals surface area contributed by atoms with Crippen molar-refractivity contribution in [1.82, 2.24) is 10.6 Å². The van der Waals surface area contributed by atoms with E-state index in [1.165, 1.54) is 24.3 Å². The van der Waals surface area contributed by atoms with Crippen molar-refractivity contribution in [3.63, 3.8) is 0 Å². The van der Waals surface area contributed by atoms with Crippen LogP contribution in [0.1, 0.15) is 26.2 Å². The largest absolute Gasteiger partial charge is 0.388 e. The maximum atomic E-state index is 12.9. The summed E-state index contributed by atoms with van der Waals surface area (Å²) in [6.45, 7) is 2.71. The van der Waals surface area contributed by atoms with E-state index >= 15 is 0 Å². The summed E-state index contributed by atoms with van der Waals surface area (Å²) in [6.07, 6.45) is -0.929. The van der Waals surface area contributed by atoms with Gasteiger partial charge in [0.2, 0.25) is 5.91 Å². The number of ether oxygens (including phenoxy) is 2. The average molecular weight is 395 g/mol. The number of rotatable bonds is 7. The first kappa shape index (κ1) is 20.5. The standard InChI is InChI=1S/C19H26FN3O5/c1-2-7-21-16(24)9-13-8-14-18(27-13)17(25)15(28-14)10-22-19(26)23-12-5-3-11(20)4-6-12/h3-6,13-15,17-18,25H,2,7-10H2,1H3,(H,21,24)(H2,22,23,26). The molecule has 8 nitrogen and oxygen atoms in total. The molecule has 0 aromatic heterocycles. The first-order chi connectivity index (χ1) is 13.5. The van der Waals surface area contributed by atoms with Crippen LogP contribution in [0, 0.1) is 5.82 Å². The highest BCUT2D eigenvalue weighted by Gasteiger charge is 2.50. The van der Waals surface area contributed by atoms with Crippen molar-refractivity contribution in [2.75, 3.05) is 18.4 Å². The first-order valence-corrected chi connectivity index (χ1v) is 9.52. The van der Waals surface area contributed by atoms with Crippen LogP contribution in [-0.2, 0) is 14.3 Å². The number of carbonyl (C=O) groups is 2. The predicted molar refractivity (Wildman–Crippen MR) is 99.3 cm³/mol. The molecule has 0 saturated carbocycles. The molecule has 1 aromatic rings. The number of amides is 3. The number of hydrogen-bond acceptors (Lipinski definition) is 5. The molecular formula is C19H26FN3O5. The molecule has 1 aromatic carbocycles. The quantitative estimate of drug-likeness (QED) is 0.554. The van der Waals surface area contributed by atoms with E-state index in [1.807, 2.05) is 6.92 Å². The van der Waals surface area contributed by atoms with Gasteiger partial charge in [-0.15, -0.1) is 0 Å². The molecule has 28 heavy (non-hydrogen) atoms. The summed E-state index contributed by atoms with van der Waals surface area (Å²) < 4.78 is 24.5. The lowest BCUT2D eigenvalue weighted by atomic mass is 10.1. The van der Waals surface area contributed by atoms with Gasteiger partial charge in [0.05, 0.1) is 18.6 Å². The smallest absolute Gasteiger partial charge is 0.319 e. The summed E-state index contributed by atoms with van der Waals surface area (Å²) in [4.78, 5) is 23.7. The van der Waals surface area contributed by atoms with Crippen LogP contribution in [0.5, 0.6) is 0 Å². The number of carbonyl (C=O) groups excluding carboxylic acids is 2. The highest BCUT2D eigenvalue weighted by Crippen LogP contribution is 2.35. The SMILES string of the molecule is CCCNC(=O)CC1CC2OC(CNC(=O)Nc3ccc(F)cc3)C(O)C2O1. The van der Waals surface area contributed by atoms with Gasteiger partial charge >= 0.3 is 6.03 Å². The van der Waals surface area contributed by atoms with E-state index in [1.54, 1.807) is 0 Å². The molecule has 4 N–H and O–H groups in total. The summed E-state index contributed by atoms with van der Waals surface area (Å²) in [7, 11) is 0. The Morgan fingerprint density at radius 1 is 1.21 bits per heavy atom.